The lowest BCUT2D eigenvalue weighted by Crippen LogP contribution is -2.35. The Morgan fingerprint density at radius 2 is 1.81 bits per heavy atom. The van der Waals surface area contributed by atoms with Crippen LogP contribution >= 0.6 is 0 Å². The van der Waals surface area contributed by atoms with E-state index in [2.05, 4.69) is 10.8 Å². The molecule has 37 heavy (non-hydrogen) atoms. The molecule has 0 aromatic rings. The number of ether oxygens (including phenoxy) is 6. The van der Waals surface area contributed by atoms with Gasteiger partial charge in [-0.2, -0.15) is 8.42 Å². The minimum atomic E-state index is -3.61. The maximum atomic E-state index is 11.7. The van der Waals surface area contributed by atoms with Crippen LogP contribution in [0.1, 0.15) is 51.4 Å². The Labute approximate surface area is 220 Å². The van der Waals surface area contributed by atoms with Crippen LogP contribution in [-0.4, -0.2) is 86.1 Å². The first kappa shape index (κ1) is 28.9. The van der Waals surface area contributed by atoms with E-state index in [1.165, 1.54) is 7.11 Å². The van der Waals surface area contributed by atoms with E-state index in [1.807, 2.05) is 0 Å². The van der Waals surface area contributed by atoms with E-state index in [4.69, 9.17) is 27.9 Å². The molecule has 0 aromatic heterocycles. The molecular weight excluding hydrogens is 504 g/mol. The lowest BCUT2D eigenvalue weighted by molar-refractivity contribution is -0.211. The van der Waals surface area contributed by atoms with Crippen molar-refractivity contribution >= 4 is 16.1 Å². The van der Waals surface area contributed by atoms with Gasteiger partial charge in [-0.25, -0.2) is 4.79 Å². The molecule has 0 spiro atoms. The van der Waals surface area contributed by atoms with Crippen molar-refractivity contribution in [3.05, 3.63) is 11.6 Å². The molecule has 1 saturated carbocycles. The minimum absolute atomic E-state index is 0.0285. The van der Waals surface area contributed by atoms with Crippen molar-refractivity contribution in [2.24, 2.45) is 23.7 Å². The largest absolute Gasteiger partial charge is 0.467 e. The fourth-order valence-electron chi connectivity index (χ4n) is 5.89. The van der Waals surface area contributed by atoms with Gasteiger partial charge in [0.2, 0.25) is 0 Å². The van der Waals surface area contributed by atoms with Gasteiger partial charge in [-0.1, -0.05) is 11.6 Å². The molecule has 3 fully saturated rings. The number of rotatable bonds is 13. The molecular formula is C26H42O10S. The highest BCUT2D eigenvalue weighted by atomic mass is 32.2. The molecule has 5 unspecified atom stereocenters. The van der Waals surface area contributed by atoms with Gasteiger partial charge in [0.15, 0.2) is 12.6 Å². The minimum Gasteiger partial charge on any atom is -0.467 e. The van der Waals surface area contributed by atoms with Crippen molar-refractivity contribution in [2.45, 2.75) is 70.1 Å². The van der Waals surface area contributed by atoms with Gasteiger partial charge in [0.05, 0.1) is 39.3 Å². The van der Waals surface area contributed by atoms with Gasteiger partial charge in [-0.05, 0) is 63.2 Å². The highest BCUT2D eigenvalue weighted by molar-refractivity contribution is 7.85. The number of esters is 1. The molecule has 0 amide bonds. The van der Waals surface area contributed by atoms with Crippen molar-refractivity contribution in [1.82, 2.24) is 0 Å². The highest BCUT2D eigenvalue weighted by Gasteiger charge is 2.48. The van der Waals surface area contributed by atoms with E-state index in [0.717, 1.165) is 76.4 Å². The van der Waals surface area contributed by atoms with E-state index < -0.39 is 16.1 Å². The summed E-state index contributed by atoms with van der Waals surface area (Å²) in [5.74, 6) is -0.0354. The number of carbonyl (C=O) groups is 1. The van der Waals surface area contributed by atoms with Gasteiger partial charge in [-0.15, -0.1) is 0 Å². The van der Waals surface area contributed by atoms with Gasteiger partial charge in [-0.3, -0.25) is 4.18 Å². The van der Waals surface area contributed by atoms with Crippen LogP contribution in [0, 0.1) is 23.7 Å². The second-order valence-electron chi connectivity index (χ2n) is 10.6. The lowest BCUT2D eigenvalue weighted by atomic mass is 9.92. The summed E-state index contributed by atoms with van der Waals surface area (Å²) in [6, 6.07) is 0. The SMILES string of the molecule is COC(=O)COCC(COS(C)(=O)=O)C1=CC2C(C1)C[C@@H](OC1CCCCO1)[C@@H]2COC1CCCCO1. The molecule has 0 aromatic carbocycles. The molecule has 10 nitrogen and oxygen atoms in total. The summed E-state index contributed by atoms with van der Waals surface area (Å²) in [7, 11) is -2.31. The molecule has 212 valence electrons. The maximum absolute atomic E-state index is 11.7. The third-order valence-corrected chi connectivity index (χ3v) is 8.37. The monoisotopic (exact) mass is 546 g/mol. The smallest absolute Gasteiger partial charge is 0.331 e. The topological polar surface area (TPSA) is 116 Å². The number of allylic oxidation sites excluding steroid dienone is 1. The van der Waals surface area contributed by atoms with Gasteiger partial charge in [0.25, 0.3) is 10.1 Å². The Bertz CT molecular complexity index is 863. The normalized spacial score (nSPS) is 33.1. The summed E-state index contributed by atoms with van der Waals surface area (Å²) in [6.07, 6.45) is 10.8. The average Bonchev–Trinajstić information content (AvgIpc) is 3.43. The van der Waals surface area contributed by atoms with Crippen LogP contribution in [0.5, 0.6) is 0 Å². The molecule has 2 aliphatic heterocycles. The predicted octanol–water partition coefficient (Wildman–Crippen LogP) is 2.81. The van der Waals surface area contributed by atoms with Crippen LogP contribution in [0.25, 0.3) is 0 Å². The van der Waals surface area contributed by atoms with Crippen molar-refractivity contribution in [3.8, 4) is 0 Å². The lowest BCUT2D eigenvalue weighted by Gasteiger charge is -2.31. The summed E-state index contributed by atoms with van der Waals surface area (Å²) in [5.41, 5.74) is 1.09. The zero-order valence-corrected chi connectivity index (χ0v) is 22.8. The third kappa shape index (κ3) is 8.71. The van der Waals surface area contributed by atoms with E-state index in [1.54, 1.807) is 0 Å². The quantitative estimate of drug-likeness (QED) is 0.194. The summed E-state index contributed by atoms with van der Waals surface area (Å²) < 4.78 is 63.1. The van der Waals surface area contributed by atoms with E-state index in [9.17, 15) is 13.2 Å². The van der Waals surface area contributed by atoms with Crippen LogP contribution in [0.4, 0.5) is 0 Å². The zero-order valence-electron chi connectivity index (χ0n) is 22.0. The highest BCUT2D eigenvalue weighted by Crippen LogP contribution is 2.50. The fraction of sp³-hybridized carbons (Fsp3) is 0.885. The first-order valence-electron chi connectivity index (χ1n) is 13.5. The Morgan fingerprint density at radius 1 is 1.08 bits per heavy atom. The summed E-state index contributed by atoms with van der Waals surface area (Å²) >= 11 is 0. The van der Waals surface area contributed by atoms with Crippen molar-refractivity contribution in [2.75, 3.05) is 53.0 Å². The second-order valence-corrected chi connectivity index (χ2v) is 12.2. The molecule has 11 heteroatoms. The first-order valence-corrected chi connectivity index (χ1v) is 15.3. The van der Waals surface area contributed by atoms with Crippen LogP contribution in [0.15, 0.2) is 11.6 Å². The van der Waals surface area contributed by atoms with Crippen LogP contribution in [0.3, 0.4) is 0 Å². The summed E-state index contributed by atoms with van der Waals surface area (Å²) in [4.78, 5) is 11.5. The van der Waals surface area contributed by atoms with Crippen molar-refractivity contribution < 1.29 is 45.8 Å². The summed E-state index contributed by atoms with van der Waals surface area (Å²) in [5, 5.41) is 0. The molecule has 4 rings (SSSR count). The van der Waals surface area contributed by atoms with Gasteiger partial charge in [0, 0.05) is 25.0 Å². The Morgan fingerprint density at radius 3 is 2.46 bits per heavy atom. The standard InChI is InChI=1S/C26H42O10S/c1-30-24(27)17-31-14-20(15-35-37(2,28)29)18-11-19-13-23(36-26-8-4-6-10-33-26)22(21(19)12-18)16-34-25-7-3-5-9-32-25/h12,19-23,25-26H,3-11,13-17H2,1-2H3/t19?,20?,21?,22-,23-,25?,26?/m1/s1. The average molecular weight is 547 g/mol. The summed E-state index contributed by atoms with van der Waals surface area (Å²) in [6.45, 7) is 1.95. The first-order chi connectivity index (χ1) is 17.8. The Hall–Kier alpha value is -1.08. The molecule has 7 atom stereocenters. The second kappa shape index (κ2) is 13.8. The third-order valence-electron chi connectivity index (χ3n) is 7.81. The molecule has 2 saturated heterocycles. The zero-order chi connectivity index (χ0) is 26.3. The molecule has 0 N–H and O–H groups in total. The molecule has 4 aliphatic rings. The van der Waals surface area contributed by atoms with Gasteiger partial charge < -0.3 is 28.4 Å². The van der Waals surface area contributed by atoms with Crippen LogP contribution in [0.2, 0.25) is 0 Å². The van der Waals surface area contributed by atoms with E-state index in [-0.39, 0.29) is 56.3 Å². The van der Waals surface area contributed by atoms with Crippen molar-refractivity contribution in [3.63, 3.8) is 0 Å². The Balaban J connectivity index is 1.44. The molecule has 0 radical (unpaired) electrons. The molecule has 2 aliphatic carbocycles. The maximum Gasteiger partial charge on any atom is 0.331 e. The molecule has 2 heterocycles. The van der Waals surface area contributed by atoms with Gasteiger partial charge >= 0.3 is 5.97 Å². The number of hydrogen-bond donors (Lipinski definition) is 0. The Kier molecular flexibility index (Phi) is 10.8. The van der Waals surface area contributed by atoms with Crippen LogP contribution < -0.4 is 0 Å². The number of carbonyl (C=O) groups excluding carboxylic acids is 1. The number of hydrogen-bond acceptors (Lipinski definition) is 10. The van der Waals surface area contributed by atoms with Gasteiger partial charge in [0.1, 0.15) is 6.61 Å². The molecule has 0 bridgehead atoms. The number of fused-ring (bicyclic) bond motifs is 1. The fourth-order valence-corrected chi connectivity index (χ4v) is 6.30. The van der Waals surface area contributed by atoms with E-state index in [0.29, 0.717) is 12.5 Å². The predicted molar refractivity (Wildman–Crippen MR) is 133 cm³/mol. The van der Waals surface area contributed by atoms with Crippen LogP contribution in [-0.2, 0) is 47.5 Å². The van der Waals surface area contributed by atoms with Crippen molar-refractivity contribution in [1.29, 1.82) is 0 Å². The van der Waals surface area contributed by atoms with E-state index >= 15 is 0 Å². The number of methoxy groups -OCH3 is 1.